The lowest BCUT2D eigenvalue weighted by Gasteiger charge is -2.45. The van der Waals surface area contributed by atoms with Gasteiger partial charge in [0.25, 0.3) is 5.91 Å². The lowest BCUT2D eigenvalue weighted by molar-refractivity contribution is -0.138. The van der Waals surface area contributed by atoms with E-state index in [1.165, 1.54) is 4.31 Å². The maximum Gasteiger partial charge on any atom is 0.262 e. The Morgan fingerprint density at radius 3 is 2.28 bits per heavy atom. The van der Waals surface area contributed by atoms with Gasteiger partial charge in [-0.1, -0.05) is 61.7 Å². The molecule has 0 radical (unpaired) electrons. The number of fused-ring (bicyclic) bond motifs is 1. The number of nitrogens with one attached hydrogen (secondary N) is 1. The third-order valence-electron chi connectivity index (χ3n) is 6.35. The standard InChI is InChI=1S/C22H26N2O4S/c25-22(23-26)21-20-9-5-4-8-18(20)14-15-24(21)29(27,28)19-12-10-17(11-13-19)16-6-2-1-3-7-16/h1-3,6-7,10-13,18,20-21,26H,4-5,8-9,14-15H2,(H,23,25). The van der Waals surface area contributed by atoms with Crippen molar-refractivity contribution in [1.29, 1.82) is 0 Å². The van der Waals surface area contributed by atoms with Crippen molar-refractivity contribution in [3.63, 3.8) is 0 Å². The average molecular weight is 415 g/mol. The minimum atomic E-state index is -3.85. The van der Waals surface area contributed by atoms with E-state index in [0.717, 1.165) is 43.2 Å². The predicted molar refractivity (Wildman–Crippen MR) is 110 cm³/mol. The first-order chi connectivity index (χ1) is 14.0. The molecule has 1 saturated heterocycles. The van der Waals surface area contributed by atoms with Gasteiger partial charge in [0.2, 0.25) is 10.0 Å². The van der Waals surface area contributed by atoms with Gasteiger partial charge in [-0.25, -0.2) is 13.9 Å². The summed E-state index contributed by atoms with van der Waals surface area (Å²) < 4.78 is 28.1. The van der Waals surface area contributed by atoms with Crippen LogP contribution in [0.5, 0.6) is 0 Å². The number of sulfonamides is 1. The first-order valence-corrected chi connectivity index (χ1v) is 11.6. The number of hydrogen-bond donors (Lipinski definition) is 2. The molecule has 4 rings (SSSR count). The molecule has 0 bridgehead atoms. The van der Waals surface area contributed by atoms with Crippen LogP contribution < -0.4 is 5.48 Å². The minimum absolute atomic E-state index is 0.0528. The number of carbonyl (C=O) groups excluding carboxylic acids is 1. The van der Waals surface area contributed by atoms with Crippen molar-refractivity contribution >= 4 is 15.9 Å². The van der Waals surface area contributed by atoms with Crippen LogP contribution in [0, 0.1) is 11.8 Å². The zero-order chi connectivity index (χ0) is 20.4. The quantitative estimate of drug-likeness (QED) is 0.593. The molecule has 0 spiro atoms. The zero-order valence-corrected chi connectivity index (χ0v) is 17.0. The Morgan fingerprint density at radius 2 is 1.59 bits per heavy atom. The molecule has 154 valence electrons. The fraction of sp³-hybridized carbons (Fsp3) is 0.409. The van der Waals surface area contributed by atoms with Gasteiger partial charge in [-0.2, -0.15) is 4.31 Å². The molecule has 1 amide bonds. The van der Waals surface area contributed by atoms with E-state index in [1.807, 2.05) is 30.3 Å². The minimum Gasteiger partial charge on any atom is -0.289 e. The number of nitrogens with zero attached hydrogens (tertiary/aromatic N) is 1. The lowest BCUT2D eigenvalue weighted by Crippen LogP contribution is -2.58. The van der Waals surface area contributed by atoms with Crippen LogP contribution in [-0.2, 0) is 14.8 Å². The third-order valence-corrected chi connectivity index (χ3v) is 8.25. The highest BCUT2D eigenvalue weighted by molar-refractivity contribution is 7.89. The molecule has 6 nitrogen and oxygen atoms in total. The van der Waals surface area contributed by atoms with Crippen molar-refractivity contribution < 1.29 is 18.4 Å². The summed E-state index contributed by atoms with van der Waals surface area (Å²) in [6, 6.07) is 15.7. The van der Waals surface area contributed by atoms with E-state index < -0.39 is 22.0 Å². The molecule has 29 heavy (non-hydrogen) atoms. The van der Waals surface area contributed by atoms with Gasteiger partial charge >= 0.3 is 0 Å². The molecule has 1 aliphatic heterocycles. The van der Waals surface area contributed by atoms with Gasteiger partial charge in [-0.3, -0.25) is 10.0 Å². The number of piperidine rings is 1. The summed E-state index contributed by atoms with van der Waals surface area (Å²) in [5, 5.41) is 9.27. The van der Waals surface area contributed by atoms with Crippen LogP contribution in [0.3, 0.4) is 0 Å². The maximum absolute atomic E-state index is 13.4. The monoisotopic (exact) mass is 414 g/mol. The van der Waals surface area contributed by atoms with Crippen molar-refractivity contribution in [3.05, 3.63) is 54.6 Å². The Hall–Kier alpha value is -2.22. The fourth-order valence-corrected chi connectivity index (χ4v) is 6.55. The second-order valence-corrected chi connectivity index (χ2v) is 9.81. The average Bonchev–Trinajstić information content (AvgIpc) is 2.78. The molecule has 3 unspecified atom stereocenters. The number of amides is 1. The Balaban J connectivity index is 1.65. The first-order valence-electron chi connectivity index (χ1n) is 10.1. The van der Waals surface area contributed by atoms with Gasteiger partial charge in [0.1, 0.15) is 6.04 Å². The van der Waals surface area contributed by atoms with Gasteiger partial charge < -0.3 is 0 Å². The highest BCUT2D eigenvalue weighted by Gasteiger charge is 2.47. The normalized spacial score (nSPS) is 25.2. The van der Waals surface area contributed by atoms with Crippen molar-refractivity contribution in [2.45, 2.75) is 43.0 Å². The Bertz CT molecular complexity index is 960. The number of rotatable bonds is 4. The molecule has 0 aromatic heterocycles. The topological polar surface area (TPSA) is 86.7 Å². The zero-order valence-electron chi connectivity index (χ0n) is 16.2. The largest absolute Gasteiger partial charge is 0.289 e. The fourth-order valence-electron chi connectivity index (χ4n) is 4.90. The Kier molecular flexibility index (Phi) is 5.72. The van der Waals surface area contributed by atoms with E-state index in [-0.39, 0.29) is 10.8 Å². The van der Waals surface area contributed by atoms with Crippen LogP contribution in [-0.4, -0.2) is 36.4 Å². The van der Waals surface area contributed by atoms with Crippen LogP contribution in [0.2, 0.25) is 0 Å². The van der Waals surface area contributed by atoms with Crippen LogP contribution in [0.25, 0.3) is 11.1 Å². The molecule has 1 heterocycles. The molecule has 2 aromatic rings. The lowest BCUT2D eigenvalue weighted by atomic mass is 9.71. The second kappa shape index (κ2) is 8.26. The summed E-state index contributed by atoms with van der Waals surface area (Å²) in [6.45, 7) is 0.294. The van der Waals surface area contributed by atoms with E-state index in [0.29, 0.717) is 12.5 Å². The summed E-state index contributed by atoms with van der Waals surface area (Å²) in [6.07, 6.45) is 4.67. The van der Waals surface area contributed by atoms with Crippen molar-refractivity contribution in [2.75, 3.05) is 6.54 Å². The van der Waals surface area contributed by atoms with Gasteiger partial charge in [-0.15, -0.1) is 0 Å². The molecule has 2 aliphatic rings. The van der Waals surface area contributed by atoms with E-state index in [4.69, 9.17) is 0 Å². The number of hydrogen-bond acceptors (Lipinski definition) is 4. The van der Waals surface area contributed by atoms with Gasteiger partial charge in [0.15, 0.2) is 0 Å². The van der Waals surface area contributed by atoms with Crippen molar-refractivity contribution in [3.8, 4) is 11.1 Å². The highest BCUT2D eigenvalue weighted by atomic mass is 32.2. The molecule has 7 heteroatoms. The molecule has 2 fully saturated rings. The summed E-state index contributed by atoms with van der Waals surface area (Å²) >= 11 is 0. The van der Waals surface area contributed by atoms with Gasteiger partial charge in [0, 0.05) is 6.54 Å². The molecule has 1 saturated carbocycles. The predicted octanol–water partition coefficient (Wildman–Crippen LogP) is 3.43. The van der Waals surface area contributed by atoms with E-state index >= 15 is 0 Å². The molecule has 1 aliphatic carbocycles. The van der Waals surface area contributed by atoms with E-state index in [1.54, 1.807) is 29.7 Å². The SMILES string of the molecule is O=C(NO)C1C2CCCCC2CCN1S(=O)(=O)c1ccc(-c2ccccc2)cc1. The van der Waals surface area contributed by atoms with Gasteiger partial charge in [-0.05, 0) is 47.9 Å². The first kappa shape index (κ1) is 20.1. The van der Waals surface area contributed by atoms with Gasteiger partial charge in [0.05, 0.1) is 4.90 Å². The van der Waals surface area contributed by atoms with Crippen molar-refractivity contribution in [2.24, 2.45) is 11.8 Å². The molecule has 3 atom stereocenters. The van der Waals surface area contributed by atoms with E-state index in [2.05, 4.69) is 0 Å². The number of hydroxylamine groups is 1. The molecule has 2 N–H and O–H groups in total. The molecule has 2 aromatic carbocycles. The molecular formula is C22H26N2O4S. The Morgan fingerprint density at radius 1 is 0.931 bits per heavy atom. The van der Waals surface area contributed by atoms with Crippen LogP contribution in [0.15, 0.2) is 59.5 Å². The Labute approximate surface area is 171 Å². The third kappa shape index (κ3) is 3.82. The maximum atomic E-state index is 13.4. The van der Waals surface area contributed by atoms with Crippen molar-refractivity contribution in [1.82, 2.24) is 9.79 Å². The summed E-state index contributed by atoms with van der Waals surface area (Å²) in [5.41, 5.74) is 3.65. The van der Waals surface area contributed by atoms with E-state index in [9.17, 15) is 18.4 Å². The summed E-state index contributed by atoms with van der Waals surface area (Å²) in [5.74, 6) is -0.355. The smallest absolute Gasteiger partial charge is 0.262 e. The molecular weight excluding hydrogens is 388 g/mol. The summed E-state index contributed by atoms with van der Waals surface area (Å²) in [4.78, 5) is 12.7. The number of carbonyl (C=O) groups is 1. The summed E-state index contributed by atoms with van der Waals surface area (Å²) in [7, 11) is -3.85. The van der Waals surface area contributed by atoms with Crippen LogP contribution >= 0.6 is 0 Å². The highest BCUT2D eigenvalue weighted by Crippen LogP contribution is 2.41. The number of benzene rings is 2. The van der Waals surface area contributed by atoms with Crippen LogP contribution in [0.4, 0.5) is 0 Å². The van der Waals surface area contributed by atoms with Crippen LogP contribution in [0.1, 0.15) is 32.1 Å². The second-order valence-electron chi connectivity index (χ2n) is 7.92.